The highest BCUT2D eigenvalue weighted by molar-refractivity contribution is 5.91. The molecule has 3 rings (SSSR count). The smallest absolute Gasteiger partial charge is 0.273 e. The van der Waals surface area contributed by atoms with Gasteiger partial charge in [-0.1, -0.05) is 11.6 Å². The van der Waals surface area contributed by atoms with Crippen molar-refractivity contribution in [1.29, 1.82) is 0 Å². The Morgan fingerprint density at radius 2 is 2.05 bits per heavy atom. The van der Waals surface area contributed by atoms with Gasteiger partial charge in [0, 0.05) is 13.1 Å². The minimum Gasteiger partial charge on any atom is -0.349 e. The van der Waals surface area contributed by atoms with Crippen LogP contribution in [0.5, 0.6) is 0 Å². The molecule has 0 unspecified atom stereocenters. The molecule has 2 saturated heterocycles. The molecule has 3 heterocycles. The first-order chi connectivity index (χ1) is 10.8. The van der Waals surface area contributed by atoms with Crippen LogP contribution in [0.1, 0.15) is 48.6 Å². The fourth-order valence-corrected chi connectivity index (χ4v) is 3.23. The Kier molecular flexibility index (Phi) is 5.39. The zero-order valence-corrected chi connectivity index (χ0v) is 13.1. The lowest BCUT2D eigenvalue weighted by atomic mass is 10.1. The van der Waals surface area contributed by atoms with Gasteiger partial charge in [-0.3, -0.25) is 4.79 Å². The first-order valence-electron chi connectivity index (χ1n) is 8.46. The van der Waals surface area contributed by atoms with Gasteiger partial charge in [0.15, 0.2) is 5.69 Å². The average Bonchev–Trinajstić information content (AvgIpc) is 3.07. The number of likely N-dealkylation sites (tertiary alicyclic amines) is 1. The molecule has 0 atom stereocenters. The second kappa shape index (κ2) is 7.69. The summed E-state index contributed by atoms with van der Waals surface area (Å²) in [5.74, 6) is -0.114. The summed E-state index contributed by atoms with van der Waals surface area (Å²) in [5, 5.41) is 14.4. The van der Waals surface area contributed by atoms with Crippen molar-refractivity contribution in [3.63, 3.8) is 0 Å². The lowest BCUT2D eigenvalue weighted by Gasteiger charge is -2.26. The van der Waals surface area contributed by atoms with Gasteiger partial charge in [0.1, 0.15) is 0 Å². The van der Waals surface area contributed by atoms with E-state index < -0.39 is 0 Å². The van der Waals surface area contributed by atoms with Gasteiger partial charge in [-0.25, -0.2) is 4.68 Å². The molecule has 1 aromatic rings. The standard InChI is InChI=1S/C15H26N6O/c22-15(17-8-11-20-9-2-1-3-10-20)14-12-21(19-18-14)13-4-6-16-7-5-13/h12-13,16H,1-11H2,(H,17,22). The summed E-state index contributed by atoms with van der Waals surface area (Å²) in [4.78, 5) is 14.5. The van der Waals surface area contributed by atoms with Gasteiger partial charge in [0.25, 0.3) is 5.91 Å². The van der Waals surface area contributed by atoms with Crippen molar-refractivity contribution in [2.45, 2.75) is 38.1 Å². The molecule has 0 saturated carbocycles. The van der Waals surface area contributed by atoms with Gasteiger partial charge in [-0.15, -0.1) is 5.10 Å². The van der Waals surface area contributed by atoms with Crippen LogP contribution >= 0.6 is 0 Å². The molecule has 7 nitrogen and oxygen atoms in total. The Morgan fingerprint density at radius 3 is 2.82 bits per heavy atom. The highest BCUT2D eigenvalue weighted by atomic mass is 16.2. The SMILES string of the molecule is O=C(NCCN1CCCCC1)c1cn(C2CCNCC2)nn1. The first kappa shape index (κ1) is 15.4. The summed E-state index contributed by atoms with van der Waals surface area (Å²) < 4.78 is 1.85. The number of carbonyl (C=O) groups is 1. The summed E-state index contributed by atoms with van der Waals surface area (Å²) in [6.07, 6.45) is 7.75. The van der Waals surface area contributed by atoms with Crippen LogP contribution in [-0.2, 0) is 0 Å². The normalized spacial score (nSPS) is 20.9. The van der Waals surface area contributed by atoms with E-state index >= 15 is 0 Å². The molecule has 1 aromatic heterocycles. The van der Waals surface area contributed by atoms with E-state index in [1.54, 1.807) is 6.20 Å². The van der Waals surface area contributed by atoms with Crippen molar-refractivity contribution in [1.82, 2.24) is 30.5 Å². The number of hydrogen-bond acceptors (Lipinski definition) is 5. The monoisotopic (exact) mass is 306 g/mol. The maximum atomic E-state index is 12.1. The lowest BCUT2D eigenvalue weighted by Crippen LogP contribution is -2.37. The van der Waals surface area contributed by atoms with Crippen LogP contribution in [0.4, 0.5) is 0 Å². The number of nitrogens with zero attached hydrogens (tertiary/aromatic N) is 4. The van der Waals surface area contributed by atoms with Crippen LogP contribution in [0.3, 0.4) is 0 Å². The van der Waals surface area contributed by atoms with Crippen LogP contribution in [0.15, 0.2) is 6.20 Å². The van der Waals surface area contributed by atoms with Gasteiger partial charge in [0.05, 0.1) is 12.2 Å². The van der Waals surface area contributed by atoms with E-state index in [2.05, 4.69) is 25.8 Å². The number of rotatable bonds is 5. The predicted molar refractivity (Wildman–Crippen MR) is 83.8 cm³/mol. The Bertz CT molecular complexity index is 476. The largest absolute Gasteiger partial charge is 0.349 e. The summed E-state index contributed by atoms with van der Waals surface area (Å²) >= 11 is 0. The van der Waals surface area contributed by atoms with Gasteiger partial charge in [-0.05, 0) is 51.9 Å². The average molecular weight is 306 g/mol. The third-order valence-corrected chi connectivity index (χ3v) is 4.59. The highest BCUT2D eigenvalue weighted by Gasteiger charge is 2.18. The molecular weight excluding hydrogens is 280 g/mol. The number of nitrogens with one attached hydrogen (secondary N) is 2. The highest BCUT2D eigenvalue weighted by Crippen LogP contribution is 2.16. The number of carbonyl (C=O) groups excluding carboxylic acids is 1. The van der Waals surface area contributed by atoms with E-state index in [-0.39, 0.29) is 5.91 Å². The molecule has 0 radical (unpaired) electrons. The van der Waals surface area contributed by atoms with E-state index in [0.29, 0.717) is 18.3 Å². The second-order valence-electron chi connectivity index (χ2n) is 6.22. The van der Waals surface area contributed by atoms with E-state index in [1.165, 1.54) is 19.3 Å². The van der Waals surface area contributed by atoms with E-state index in [9.17, 15) is 4.79 Å². The predicted octanol–water partition coefficient (Wildman–Crippen LogP) is 0.418. The molecule has 0 aliphatic carbocycles. The van der Waals surface area contributed by atoms with Gasteiger partial charge < -0.3 is 15.5 Å². The first-order valence-corrected chi connectivity index (χ1v) is 8.46. The van der Waals surface area contributed by atoms with Crippen LogP contribution in [0.25, 0.3) is 0 Å². The van der Waals surface area contributed by atoms with Crippen LogP contribution in [0.2, 0.25) is 0 Å². The Balaban J connectivity index is 1.44. The van der Waals surface area contributed by atoms with Gasteiger partial charge in [0.2, 0.25) is 0 Å². The molecule has 2 N–H and O–H groups in total. The number of hydrogen-bond donors (Lipinski definition) is 2. The van der Waals surface area contributed by atoms with Crippen molar-refractivity contribution >= 4 is 5.91 Å². The van der Waals surface area contributed by atoms with Crippen LogP contribution in [-0.4, -0.2) is 65.1 Å². The minimum absolute atomic E-state index is 0.114. The Labute approximate surface area is 131 Å². The second-order valence-corrected chi connectivity index (χ2v) is 6.22. The van der Waals surface area contributed by atoms with Crippen molar-refractivity contribution in [3.05, 3.63) is 11.9 Å². The lowest BCUT2D eigenvalue weighted by molar-refractivity contribution is 0.0941. The number of aromatic nitrogens is 3. The third-order valence-electron chi connectivity index (χ3n) is 4.59. The molecule has 122 valence electrons. The third kappa shape index (κ3) is 4.04. The van der Waals surface area contributed by atoms with Crippen molar-refractivity contribution in [2.24, 2.45) is 0 Å². The molecule has 22 heavy (non-hydrogen) atoms. The zero-order chi connectivity index (χ0) is 15.2. The minimum atomic E-state index is -0.114. The van der Waals surface area contributed by atoms with Gasteiger partial charge in [-0.2, -0.15) is 0 Å². The molecular formula is C15H26N6O. The molecule has 2 aliphatic rings. The van der Waals surface area contributed by atoms with E-state index in [1.807, 2.05) is 4.68 Å². The summed E-state index contributed by atoms with van der Waals surface area (Å²) in [6, 6.07) is 0.364. The van der Waals surface area contributed by atoms with Crippen molar-refractivity contribution in [3.8, 4) is 0 Å². The molecule has 0 aromatic carbocycles. The van der Waals surface area contributed by atoms with Crippen molar-refractivity contribution < 1.29 is 4.79 Å². The molecule has 0 spiro atoms. The summed E-state index contributed by atoms with van der Waals surface area (Å²) in [7, 11) is 0. The molecule has 0 bridgehead atoms. The zero-order valence-electron chi connectivity index (χ0n) is 13.1. The quantitative estimate of drug-likeness (QED) is 0.824. The molecule has 1 amide bonds. The van der Waals surface area contributed by atoms with Crippen LogP contribution < -0.4 is 10.6 Å². The number of amides is 1. The van der Waals surface area contributed by atoms with E-state index in [0.717, 1.165) is 45.6 Å². The maximum absolute atomic E-state index is 12.1. The van der Waals surface area contributed by atoms with Crippen molar-refractivity contribution in [2.75, 3.05) is 39.3 Å². The summed E-state index contributed by atoms with van der Waals surface area (Å²) in [5.41, 5.74) is 0.428. The maximum Gasteiger partial charge on any atom is 0.273 e. The molecule has 2 aliphatic heterocycles. The number of piperidine rings is 2. The van der Waals surface area contributed by atoms with Crippen LogP contribution in [0, 0.1) is 0 Å². The Morgan fingerprint density at radius 1 is 1.27 bits per heavy atom. The van der Waals surface area contributed by atoms with Gasteiger partial charge >= 0.3 is 0 Å². The topological polar surface area (TPSA) is 75.1 Å². The fraction of sp³-hybridized carbons (Fsp3) is 0.800. The van der Waals surface area contributed by atoms with E-state index in [4.69, 9.17) is 0 Å². The molecule has 2 fully saturated rings. The summed E-state index contributed by atoms with van der Waals surface area (Å²) in [6.45, 7) is 5.92. The molecule has 7 heteroatoms. The Hall–Kier alpha value is -1.47. The fourth-order valence-electron chi connectivity index (χ4n) is 3.23.